The molecule has 0 bridgehead atoms. The molecule has 1 nitrogen and oxygen atoms in total. The molecule has 0 spiro atoms. The van der Waals surface area contributed by atoms with Gasteiger partial charge in [-0.05, 0) is 42.8 Å². The van der Waals surface area contributed by atoms with Gasteiger partial charge in [-0.1, -0.05) is 49.6 Å². The van der Waals surface area contributed by atoms with Crippen LogP contribution < -0.4 is 5.32 Å². The zero-order chi connectivity index (χ0) is 13.8. The average molecular weight is 285 g/mol. The summed E-state index contributed by atoms with van der Waals surface area (Å²) in [5.41, 5.74) is 0. The lowest BCUT2D eigenvalue weighted by molar-refractivity contribution is 0.510. The number of benzene rings is 2. The maximum Gasteiger partial charge on any atom is 0.0248 e. The Morgan fingerprint density at radius 3 is 2.60 bits per heavy atom. The molecule has 1 aliphatic carbocycles. The summed E-state index contributed by atoms with van der Waals surface area (Å²) in [7, 11) is 2.12. The van der Waals surface area contributed by atoms with Crippen LogP contribution in [0.3, 0.4) is 0 Å². The lowest BCUT2D eigenvalue weighted by Gasteiger charge is -2.24. The third kappa shape index (κ3) is 3.18. The van der Waals surface area contributed by atoms with Crippen molar-refractivity contribution in [2.75, 3.05) is 7.05 Å². The molecule has 0 aliphatic heterocycles. The largest absolute Gasteiger partial charge is 0.316 e. The molecule has 1 fully saturated rings. The third-order valence-electron chi connectivity index (χ3n) is 4.33. The average Bonchev–Trinajstić information content (AvgIpc) is 2.72. The highest BCUT2D eigenvalue weighted by Gasteiger charge is 2.23. The summed E-state index contributed by atoms with van der Waals surface area (Å²) < 4.78 is 0. The number of hydrogen-bond acceptors (Lipinski definition) is 2. The predicted octanol–water partition coefficient (Wildman–Crippen LogP) is 4.85. The molecule has 2 aromatic carbocycles. The van der Waals surface area contributed by atoms with Gasteiger partial charge in [-0.15, -0.1) is 11.8 Å². The molecule has 2 heteroatoms. The molecule has 106 valence electrons. The lowest BCUT2D eigenvalue weighted by atomic mass is 10.1. The molecule has 0 amide bonds. The molecule has 3 rings (SSSR count). The summed E-state index contributed by atoms with van der Waals surface area (Å²) in [6.45, 7) is 0. The van der Waals surface area contributed by atoms with Crippen LogP contribution in [-0.4, -0.2) is 18.3 Å². The summed E-state index contributed by atoms with van der Waals surface area (Å²) in [5, 5.41) is 6.93. The Morgan fingerprint density at radius 1 is 0.950 bits per heavy atom. The van der Waals surface area contributed by atoms with E-state index in [0.29, 0.717) is 11.3 Å². The summed E-state index contributed by atoms with van der Waals surface area (Å²) in [6, 6.07) is 16.2. The molecule has 0 saturated heterocycles. The summed E-state index contributed by atoms with van der Waals surface area (Å²) >= 11 is 2.06. The van der Waals surface area contributed by atoms with Crippen LogP contribution in [0.1, 0.15) is 32.1 Å². The molecule has 2 atom stereocenters. The van der Waals surface area contributed by atoms with Gasteiger partial charge in [-0.2, -0.15) is 0 Å². The SMILES string of the molecule is CNC1CCCCCC1Sc1ccc2ccccc2c1. The second-order valence-corrected chi connectivity index (χ2v) is 7.01. The van der Waals surface area contributed by atoms with E-state index in [1.807, 2.05) is 0 Å². The molecule has 1 aliphatic rings. The molecule has 1 saturated carbocycles. The molecule has 0 radical (unpaired) electrons. The summed E-state index contributed by atoms with van der Waals surface area (Å²) in [6.07, 6.45) is 6.81. The van der Waals surface area contributed by atoms with E-state index in [-0.39, 0.29) is 0 Å². The van der Waals surface area contributed by atoms with Gasteiger partial charge in [0, 0.05) is 16.2 Å². The number of thioether (sulfide) groups is 1. The van der Waals surface area contributed by atoms with Crippen LogP contribution in [0.2, 0.25) is 0 Å². The third-order valence-corrected chi connectivity index (χ3v) is 5.72. The second-order valence-electron chi connectivity index (χ2n) is 5.70. The van der Waals surface area contributed by atoms with Crippen LogP contribution in [-0.2, 0) is 0 Å². The fourth-order valence-corrected chi connectivity index (χ4v) is 4.57. The molecule has 20 heavy (non-hydrogen) atoms. The zero-order valence-corrected chi connectivity index (χ0v) is 13.0. The van der Waals surface area contributed by atoms with Crippen LogP contribution in [0, 0.1) is 0 Å². The topological polar surface area (TPSA) is 12.0 Å². The zero-order valence-electron chi connectivity index (χ0n) is 12.1. The van der Waals surface area contributed by atoms with Gasteiger partial charge in [0.25, 0.3) is 0 Å². The summed E-state index contributed by atoms with van der Waals surface area (Å²) in [5.74, 6) is 0. The monoisotopic (exact) mass is 285 g/mol. The Labute approximate surface area is 126 Å². The van der Waals surface area contributed by atoms with Gasteiger partial charge in [0.2, 0.25) is 0 Å². The Kier molecular flexibility index (Phi) is 4.64. The second kappa shape index (κ2) is 6.64. The van der Waals surface area contributed by atoms with Crippen molar-refractivity contribution < 1.29 is 0 Å². The van der Waals surface area contributed by atoms with Crippen molar-refractivity contribution in [2.24, 2.45) is 0 Å². The Balaban J connectivity index is 1.80. The van der Waals surface area contributed by atoms with Crippen LogP contribution in [0.5, 0.6) is 0 Å². The van der Waals surface area contributed by atoms with Gasteiger partial charge in [0.1, 0.15) is 0 Å². The van der Waals surface area contributed by atoms with Crippen molar-refractivity contribution in [1.82, 2.24) is 5.32 Å². The van der Waals surface area contributed by atoms with E-state index in [1.54, 1.807) is 0 Å². The van der Waals surface area contributed by atoms with E-state index in [0.717, 1.165) is 0 Å². The minimum absolute atomic E-state index is 0.661. The highest BCUT2D eigenvalue weighted by atomic mass is 32.2. The van der Waals surface area contributed by atoms with Gasteiger partial charge in [-0.3, -0.25) is 0 Å². The first-order valence-corrected chi connectivity index (χ1v) is 8.57. The molecule has 1 N–H and O–H groups in total. The van der Waals surface area contributed by atoms with Crippen LogP contribution in [0.15, 0.2) is 47.4 Å². The quantitative estimate of drug-likeness (QED) is 0.809. The van der Waals surface area contributed by atoms with Crippen LogP contribution in [0.25, 0.3) is 10.8 Å². The van der Waals surface area contributed by atoms with Crippen molar-refractivity contribution in [1.29, 1.82) is 0 Å². The number of nitrogens with one attached hydrogen (secondary N) is 1. The fraction of sp³-hybridized carbons (Fsp3) is 0.444. The van der Waals surface area contributed by atoms with Gasteiger partial charge < -0.3 is 5.32 Å². The van der Waals surface area contributed by atoms with Crippen LogP contribution in [0.4, 0.5) is 0 Å². The van der Waals surface area contributed by atoms with Crippen molar-refractivity contribution in [3.8, 4) is 0 Å². The molecule has 0 heterocycles. The molecular weight excluding hydrogens is 262 g/mol. The van der Waals surface area contributed by atoms with Gasteiger partial charge in [0.05, 0.1) is 0 Å². The van der Waals surface area contributed by atoms with Crippen molar-refractivity contribution >= 4 is 22.5 Å². The number of hydrogen-bond donors (Lipinski definition) is 1. The van der Waals surface area contributed by atoms with Gasteiger partial charge >= 0.3 is 0 Å². The van der Waals surface area contributed by atoms with E-state index in [2.05, 4.69) is 66.6 Å². The van der Waals surface area contributed by atoms with Crippen molar-refractivity contribution in [2.45, 2.75) is 48.3 Å². The first kappa shape index (κ1) is 14.0. The minimum Gasteiger partial charge on any atom is -0.316 e. The standard InChI is InChI=1S/C18H23NS/c1-19-17-9-3-2-4-10-18(17)20-16-12-11-14-7-5-6-8-15(14)13-16/h5-8,11-13,17-19H,2-4,9-10H2,1H3. The van der Waals surface area contributed by atoms with E-state index in [1.165, 1.54) is 47.8 Å². The van der Waals surface area contributed by atoms with E-state index < -0.39 is 0 Å². The molecule has 2 aromatic rings. The molecule has 2 unspecified atom stereocenters. The Bertz CT molecular complexity index is 566. The minimum atomic E-state index is 0.661. The first-order chi connectivity index (χ1) is 9.86. The molecule has 0 aromatic heterocycles. The van der Waals surface area contributed by atoms with Gasteiger partial charge in [0.15, 0.2) is 0 Å². The van der Waals surface area contributed by atoms with Crippen molar-refractivity contribution in [3.05, 3.63) is 42.5 Å². The van der Waals surface area contributed by atoms with E-state index in [9.17, 15) is 0 Å². The van der Waals surface area contributed by atoms with Crippen LogP contribution >= 0.6 is 11.8 Å². The number of rotatable bonds is 3. The highest BCUT2D eigenvalue weighted by Crippen LogP contribution is 2.34. The normalized spacial score (nSPS) is 23.6. The Morgan fingerprint density at radius 2 is 1.75 bits per heavy atom. The predicted molar refractivity (Wildman–Crippen MR) is 89.5 cm³/mol. The smallest absolute Gasteiger partial charge is 0.0248 e. The maximum absolute atomic E-state index is 3.53. The number of fused-ring (bicyclic) bond motifs is 1. The fourth-order valence-electron chi connectivity index (χ4n) is 3.16. The highest BCUT2D eigenvalue weighted by molar-refractivity contribution is 8.00. The first-order valence-electron chi connectivity index (χ1n) is 7.69. The van der Waals surface area contributed by atoms with E-state index in [4.69, 9.17) is 0 Å². The summed E-state index contributed by atoms with van der Waals surface area (Å²) in [4.78, 5) is 1.41. The molecular formula is C18H23NS. The maximum atomic E-state index is 3.53. The van der Waals surface area contributed by atoms with Crippen molar-refractivity contribution in [3.63, 3.8) is 0 Å². The van der Waals surface area contributed by atoms with Gasteiger partial charge in [-0.25, -0.2) is 0 Å². The lowest BCUT2D eigenvalue weighted by Crippen LogP contribution is -2.34. The van der Waals surface area contributed by atoms with E-state index >= 15 is 0 Å². The Hall–Kier alpha value is -0.990.